The van der Waals surface area contributed by atoms with Crippen LogP contribution in [0.2, 0.25) is 5.02 Å². The van der Waals surface area contributed by atoms with Gasteiger partial charge in [0.25, 0.3) is 0 Å². The molecule has 1 aromatic carbocycles. The molecule has 0 bridgehead atoms. The van der Waals surface area contributed by atoms with Gasteiger partial charge in [-0.25, -0.2) is 21.6 Å². The summed E-state index contributed by atoms with van der Waals surface area (Å²) >= 11 is 5.74. The minimum atomic E-state index is -3.71. The molecule has 0 spiro atoms. The Morgan fingerprint density at radius 1 is 1.40 bits per heavy atom. The van der Waals surface area contributed by atoms with Crippen LogP contribution in [-0.4, -0.2) is 34.9 Å². The standard InChI is InChI=1S/C11H15ClN2O4S2/c12-10-2-1-9(5-11(10)13)20(17,18)14-6-8-3-4-19(15,16)7-8/h1-2,5,8,14H,3-4,6-7,13H2. The van der Waals surface area contributed by atoms with Crippen molar-refractivity contribution >= 4 is 37.1 Å². The maximum atomic E-state index is 12.1. The second-order valence-electron chi connectivity index (χ2n) is 4.80. The van der Waals surface area contributed by atoms with Crippen molar-refractivity contribution in [3.05, 3.63) is 23.2 Å². The average molecular weight is 339 g/mol. The van der Waals surface area contributed by atoms with Crippen molar-refractivity contribution in [2.75, 3.05) is 23.8 Å². The normalized spacial score (nSPS) is 21.9. The Morgan fingerprint density at radius 3 is 2.65 bits per heavy atom. The summed E-state index contributed by atoms with van der Waals surface area (Å²) in [5.41, 5.74) is 5.75. The van der Waals surface area contributed by atoms with Gasteiger partial charge in [0, 0.05) is 6.54 Å². The zero-order valence-electron chi connectivity index (χ0n) is 10.5. The molecule has 0 amide bonds. The fourth-order valence-electron chi connectivity index (χ4n) is 2.03. The van der Waals surface area contributed by atoms with Crippen molar-refractivity contribution < 1.29 is 16.8 Å². The van der Waals surface area contributed by atoms with Gasteiger partial charge in [0.15, 0.2) is 9.84 Å². The Kier molecular flexibility index (Phi) is 4.29. The minimum absolute atomic E-state index is 0.0141. The number of nitrogens with two attached hydrogens (primary N) is 1. The lowest BCUT2D eigenvalue weighted by Gasteiger charge is -2.11. The van der Waals surface area contributed by atoms with Crippen LogP contribution >= 0.6 is 11.6 Å². The summed E-state index contributed by atoms with van der Waals surface area (Å²) in [5.74, 6) is -0.0367. The van der Waals surface area contributed by atoms with Gasteiger partial charge < -0.3 is 5.73 Å². The number of hydrogen-bond donors (Lipinski definition) is 2. The summed E-state index contributed by atoms with van der Waals surface area (Å²) in [5, 5.41) is 0.283. The van der Waals surface area contributed by atoms with E-state index in [1.54, 1.807) is 0 Å². The molecule has 1 aliphatic heterocycles. The molecule has 1 saturated heterocycles. The minimum Gasteiger partial charge on any atom is -0.397 e. The van der Waals surface area contributed by atoms with Crippen molar-refractivity contribution in [2.24, 2.45) is 5.92 Å². The first-order chi connectivity index (χ1) is 9.20. The molecule has 6 nitrogen and oxygen atoms in total. The van der Waals surface area contributed by atoms with Crippen LogP contribution in [0.1, 0.15) is 6.42 Å². The number of anilines is 1. The number of sulfone groups is 1. The topological polar surface area (TPSA) is 106 Å². The molecule has 1 aromatic rings. The molecule has 0 aliphatic carbocycles. The van der Waals surface area contributed by atoms with E-state index in [1.165, 1.54) is 18.2 Å². The highest BCUT2D eigenvalue weighted by atomic mass is 35.5. The van der Waals surface area contributed by atoms with E-state index in [1.807, 2.05) is 0 Å². The number of benzene rings is 1. The van der Waals surface area contributed by atoms with Crippen LogP contribution < -0.4 is 10.5 Å². The van der Waals surface area contributed by atoms with Gasteiger partial charge in [0.1, 0.15) is 0 Å². The van der Waals surface area contributed by atoms with Gasteiger partial charge in [-0.1, -0.05) is 11.6 Å². The third kappa shape index (κ3) is 3.63. The first-order valence-electron chi connectivity index (χ1n) is 5.95. The van der Waals surface area contributed by atoms with Gasteiger partial charge in [0.05, 0.1) is 27.1 Å². The predicted octanol–water partition coefficient (Wildman–Crippen LogP) is 0.635. The van der Waals surface area contributed by atoms with Gasteiger partial charge in [-0.05, 0) is 30.5 Å². The molecule has 0 saturated carbocycles. The van der Waals surface area contributed by atoms with E-state index in [0.717, 1.165) is 0 Å². The highest BCUT2D eigenvalue weighted by molar-refractivity contribution is 7.91. The molecule has 1 unspecified atom stereocenters. The van der Waals surface area contributed by atoms with Crippen LogP contribution in [0.25, 0.3) is 0 Å². The molecular formula is C11H15ClN2O4S2. The quantitative estimate of drug-likeness (QED) is 0.783. The zero-order valence-corrected chi connectivity index (χ0v) is 12.9. The average Bonchev–Trinajstić information content (AvgIpc) is 2.70. The molecule has 20 heavy (non-hydrogen) atoms. The molecule has 1 heterocycles. The highest BCUT2D eigenvalue weighted by Crippen LogP contribution is 2.23. The second kappa shape index (κ2) is 5.51. The Bertz CT molecular complexity index is 716. The fourth-order valence-corrected chi connectivity index (χ4v) is 5.16. The van der Waals surface area contributed by atoms with Crippen LogP contribution in [0.4, 0.5) is 5.69 Å². The summed E-state index contributed by atoms with van der Waals surface area (Å²) < 4.78 is 49.1. The van der Waals surface area contributed by atoms with E-state index in [4.69, 9.17) is 17.3 Å². The van der Waals surface area contributed by atoms with Crippen LogP contribution in [0.5, 0.6) is 0 Å². The van der Waals surface area contributed by atoms with Gasteiger partial charge in [-0.2, -0.15) is 0 Å². The number of hydrogen-bond acceptors (Lipinski definition) is 5. The van der Waals surface area contributed by atoms with Gasteiger partial charge in [-0.3, -0.25) is 0 Å². The summed E-state index contributed by atoms with van der Waals surface area (Å²) in [6.45, 7) is 0.101. The summed E-state index contributed by atoms with van der Waals surface area (Å²) in [7, 11) is -6.72. The first-order valence-corrected chi connectivity index (χ1v) is 9.63. The lowest BCUT2D eigenvalue weighted by Crippen LogP contribution is -2.30. The molecule has 112 valence electrons. The smallest absolute Gasteiger partial charge is 0.240 e. The van der Waals surface area contributed by atoms with Gasteiger partial charge in [-0.15, -0.1) is 0 Å². The molecule has 1 fully saturated rings. The Morgan fingerprint density at radius 2 is 2.10 bits per heavy atom. The Hall–Kier alpha value is -0.830. The maximum absolute atomic E-state index is 12.1. The van der Waals surface area contributed by atoms with Crippen LogP contribution in [0, 0.1) is 5.92 Å². The molecule has 2 rings (SSSR count). The number of nitrogens with one attached hydrogen (secondary N) is 1. The SMILES string of the molecule is Nc1cc(S(=O)(=O)NCC2CCS(=O)(=O)C2)ccc1Cl. The maximum Gasteiger partial charge on any atom is 0.240 e. The largest absolute Gasteiger partial charge is 0.397 e. The second-order valence-corrected chi connectivity index (χ2v) is 9.21. The van der Waals surface area contributed by atoms with E-state index in [-0.39, 0.29) is 39.6 Å². The third-order valence-electron chi connectivity index (χ3n) is 3.17. The number of nitrogen functional groups attached to an aromatic ring is 1. The van der Waals surface area contributed by atoms with Crippen LogP contribution in [0.3, 0.4) is 0 Å². The summed E-state index contributed by atoms with van der Waals surface area (Å²) in [6, 6.07) is 4.04. The van der Waals surface area contributed by atoms with Gasteiger partial charge >= 0.3 is 0 Å². The van der Waals surface area contributed by atoms with E-state index < -0.39 is 19.9 Å². The van der Waals surface area contributed by atoms with E-state index in [0.29, 0.717) is 6.42 Å². The van der Waals surface area contributed by atoms with Crippen LogP contribution in [-0.2, 0) is 19.9 Å². The molecule has 9 heteroatoms. The van der Waals surface area contributed by atoms with Crippen LogP contribution in [0.15, 0.2) is 23.1 Å². The van der Waals surface area contributed by atoms with Gasteiger partial charge in [0.2, 0.25) is 10.0 Å². The van der Waals surface area contributed by atoms with E-state index >= 15 is 0 Å². The summed E-state index contributed by atoms with van der Waals surface area (Å²) in [6.07, 6.45) is 0.480. The molecule has 1 aliphatic rings. The van der Waals surface area contributed by atoms with E-state index in [9.17, 15) is 16.8 Å². The number of rotatable bonds is 4. The van der Waals surface area contributed by atoms with Crippen molar-refractivity contribution in [3.63, 3.8) is 0 Å². The van der Waals surface area contributed by atoms with E-state index in [2.05, 4.69) is 4.72 Å². The Balaban J connectivity index is 2.06. The highest BCUT2D eigenvalue weighted by Gasteiger charge is 2.29. The Labute approximate surface area is 123 Å². The van der Waals surface area contributed by atoms with Crippen molar-refractivity contribution in [3.8, 4) is 0 Å². The summed E-state index contributed by atoms with van der Waals surface area (Å²) in [4.78, 5) is 0.0141. The van der Waals surface area contributed by atoms with Crippen molar-refractivity contribution in [1.82, 2.24) is 4.72 Å². The fraction of sp³-hybridized carbons (Fsp3) is 0.455. The monoisotopic (exact) mass is 338 g/mol. The number of sulfonamides is 1. The number of halogens is 1. The van der Waals surface area contributed by atoms with Crippen molar-refractivity contribution in [1.29, 1.82) is 0 Å². The lowest BCUT2D eigenvalue weighted by atomic mass is 10.1. The molecule has 0 aromatic heterocycles. The molecule has 1 atom stereocenters. The third-order valence-corrected chi connectivity index (χ3v) is 6.77. The molecular weight excluding hydrogens is 324 g/mol. The predicted molar refractivity (Wildman–Crippen MR) is 77.8 cm³/mol. The van der Waals surface area contributed by atoms with Crippen molar-refractivity contribution in [2.45, 2.75) is 11.3 Å². The first kappa shape index (κ1) is 15.6. The zero-order chi connectivity index (χ0) is 15.0. The molecule has 3 N–H and O–H groups in total. The lowest BCUT2D eigenvalue weighted by molar-refractivity contribution is 0.543. The molecule has 0 radical (unpaired) electrons.